The van der Waals surface area contributed by atoms with Crippen LogP contribution in [-0.2, 0) is 11.4 Å². The van der Waals surface area contributed by atoms with Crippen molar-refractivity contribution < 1.29 is 19.7 Å². The molecule has 0 fully saturated rings. The van der Waals surface area contributed by atoms with Gasteiger partial charge in [0.05, 0.1) is 15.6 Å². The zero-order valence-electron chi connectivity index (χ0n) is 7.54. The third kappa shape index (κ3) is 3.48. The Labute approximate surface area is 103 Å². The Morgan fingerprint density at radius 1 is 1.33 bits per heavy atom. The Bertz CT molecular complexity index is 355. The van der Waals surface area contributed by atoms with E-state index in [9.17, 15) is 4.79 Å². The van der Waals surface area contributed by atoms with Crippen LogP contribution in [0.15, 0.2) is 21.1 Å². The van der Waals surface area contributed by atoms with Crippen LogP contribution in [-0.4, -0.2) is 22.8 Å². The molecule has 1 aromatic rings. The van der Waals surface area contributed by atoms with E-state index < -0.39 is 12.6 Å². The molecule has 0 bridgehead atoms. The maximum atomic E-state index is 10.3. The lowest BCUT2D eigenvalue weighted by atomic mass is 10.2. The normalized spacial score (nSPS) is 10.1. The fraction of sp³-hybridized carbons (Fsp3) is 0.222. The molecule has 0 heterocycles. The zero-order chi connectivity index (χ0) is 11.4. The lowest BCUT2D eigenvalue weighted by Crippen LogP contribution is -2.10. The van der Waals surface area contributed by atoms with Crippen molar-refractivity contribution in [2.75, 3.05) is 6.61 Å². The molecule has 0 aliphatic rings. The van der Waals surface area contributed by atoms with Gasteiger partial charge in [-0.3, -0.25) is 0 Å². The number of hydrogen-bond acceptors (Lipinski definition) is 3. The van der Waals surface area contributed by atoms with Gasteiger partial charge in [0.15, 0.2) is 6.61 Å². The number of carboxylic acid groups (broad SMARTS) is 1. The fourth-order valence-corrected chi connectivity index (χ4v) is 2.49. The maximum absolute atomic E-state index is 10.3. The predicted octanol–water partition coefficient (Wildman–Crippen LogP) is 2.17. The minimum atomic E-state index is -1.04. The lowest BCUT2D eigenvalue weighted by molar-refractivity contribution is -0.139. The first-order valence-corrected chi connectivity index (χ1v) is 5.56. The number of halogens is 2. The van der Waals surface area contributed by atoms with E-state index in [1.165, 1.54) is 0 Å². The Morgan fingerprint density at radius 2 is 1.87 bits per heavy atom. The molecule has 0 unspecified atom stereocenters. The largest absolute Gasteiger partial charge is 0.480 e. The highest BCUT2D eigenvalue weighted by molar-refractivity contribution is 9.11. The van der Waals surface area contributed by atoms with Crippen molar-refractivity contribution in [3.05, 3.63) is 26.6 Å². The van der Waals surface area contributed by atoms with Gasteiger partial charge in [-0.2, -0.15) is 0 Å². The van der Waals surface area contributed by atoms with Crippen molar-refractivity contribution in [3.63, 3.8) is 0 Å². The summed E-state index contributed by atoms with van der Waals surface area (Å²) in [6, 6.07) is 3.34. The molecule has 4 nitrogen and oxygen atoms in total. The van der Waals surface area contributed by atoms with E-state index >= 15 is 0 Å². The van der Waals surface area contributed by atoms with Gasteiger partial charge in [-0.25, -0.2) is 4.79 Å². The summed E-state index contributed by atoms with van der Waals surface area (Å²) in [7, 11) is 0. The second-order valence-corrected chi connectivity index (χ2v) is 4.44. The smallest absolute Gasteiger partial charge is 0.341 e. The molecule has 2 N–H and O–H groups in total. The number of ether oxygens (including phenoxy) is 1. The molecule has 0 aromatic heterocycles. The summed E-state index contributed by atoms with van der Waals surface area (Å²) < 4.78 is 6.25. The standard InChI is InChI=1S/C9H8Br2O4/c10-6-1-5(3-12)2-7(11)9(6)15-4-8(13)14/h1-2,12H,3-4H2,(H,13,14). The highest BCUT2D eigenvalue weighted by Crippen LogP contribution is 2.34. The highest BCUT2D eigenvalue weighted by atomic mass is 79.9. The molecule has 1 rings (SSSR count). The molecular formula is C9H8Br2O4. The van der Waals surface area contributed by atoms with Crippen molar-refractivity contribution >= 4 is 37.8 Å². The van der Waals surface area contributed by atoms with Gasteiger partial charge in [0.2, 0.25) is 0 Å². The monoisotopic (exact) mass is 338 g/mol. The Balaban J connectivity index is 2.92. The average Bonchev–Trinajstić information content (AvgIpc) is 2.15. The quantitative estimate of drug-likeness (QED) is 0.882. The van der Waals surface area contributed by atoms with E-state index in [0.717, 1.165) is 0 Å². The van der Waals surface area contributed by atoms with E-state index in [2.05, 4.69) is 31.9 Å². The van der Waals surface area contributed by atoms with Crippen molar-refractivity contribution in [3.8, 4) is 5.75 Å². The van der Waals surface area contributed by atoms with Crippen LogP contribution in [0.25, 0.3) is 0 Å². The Kier molecular flexibility index (Phi) is 4.56. The van der Waals surface area contributed by atoms with E-state index in [0.29, 0.717) is 20.3 Å². The van der Waals surface area contributed by atoms with Crippen LogP contribution in [0.2, 0.25) is 0 Å². The third-order valence-electron chi connectivity index (χ3n) is 1.58. The van der Waals surface area contributed by atoms with Crippen molar-refractivity contribution in [2.45, 2.75) is 6.61 Å². The maximum Gasteiger partial charge on any atom is 0.341 e. The molecule has 0 radical (unpaired) electrons. The van der Waals surface area contributed by atoms with Crippen LogP contribution in [0.5, 0.6) is 5.75 Å². The van der Waals surface area contributed by atoms with Crippen LogP contribution < -0.4 is 4.74 Å². The van der Waals surface area contributed by atoms with Crippen LogP contribution in [0, 0.1) is 0 Å². The first-order valence-electron chi connectivity index (χ1n) is 3.98. The molecule has 0 amide bonds. The molecule has 0 saturated carbocycles. The molecule has 0 aliphatic carbocycles. The van der Waals surface area contributed by atoms with E-state index in [-0.39, 0.29) is 6.61 Å². The second kappa shape index (κ2) is 5.48. The first-order chi connectivity index (χ1) is 7.04. The summed E-state index contributed by atoms with van der Waals surface area (Å²) in [5, 5.41) is 17.4. The third-order valence-corrected chi connectivity index (χ3v) is 2.76. The number of aliphatic carboxylic acids is 1. The Morgan fingerprint density at radius 3 is 2.27 bits per heavy atom. The summed E-state index contributed by atoms with van der Waals surface area (Å²) in [6.45, 7) is -0.494. The molecule has 0 aliphatic heterocycles. The minimum absolute atomic E-state index is 0.0869. The van der Waals surface area contributed by atoms with E-state index in [1.54, 1.807) is 12.1 Å². The lowest BCUT2D eigenvalue weighted by Gasteiger charge is -2.09. The molecule has 6 heteroatoms. The average molecular weight is 340 g/mol. The fourth-order valence-electron chi connectivity index (χ4n) is 0.975. The molecule has 15 heavy (non-hydrogen) atoms. The number of carboxylic acids is 1. The summed E-state index contributed by atoms with van der Waals surface area (Å²) in [4.78, 5) is 10.3. The number of rotatable bonds is 4. The number of hydrogen-bond donors (Lipinski definition) is 2. The summed E-state index contributed by atoms with van der Waals surface area (Å²) in [5.41, 5.74) is 0.705. The number of aliphatic hydroxyl groups is 1. The first kappa shape index (κ1) is 12.5. The van der Waals surface area contributed by atoms with Crippen LogP contribution in [0.3, 0.4) is 0 Å². The summed E-state index contributed by atoms with van der Waals surface area (Å²) in [5.74, 6) is -0.630. The van der Waals surface area contributed by atoms with E-state index in [1.807, 2.05) is 0 Å². The van der Waals surface area contributed by atoms with Gasteiger partial charge in [0, 0.05) is 0 Å². The molecule has 0 spiro atoms. The predicted molar refractivity (Wildman–Crippen MR) is 60.9 cm³/mol. The van der Waals surface area contributed by atoms with E-state index in [4.69, 9.17) is 14.9 Å². The molecule has 1 aromatic carbocycles. The van der Waals surface area contributed by atoms with Gasteiger partial charge in [-0.15, -0.1) is 0 Å². The van der Waals surface area contributed by atoms with Gasteiger partial charge >= 0.3 is 5.97 Å². The van der Waals surface area contributed by atoms with Crippen LogP contribution in [0.1, 0.15) is 5.56 Å². The Hall–Kier alpha value is -0.590. The van der Waals surface area contributed by atoms with Crippen LogP contribution >= 0.6 is 31.9 Å². The molecule has 0 atom stereocenters. The van der Waals surface area contributed by atoms with Crippen molar-refractivity contribution in [1.29, 1.82) is 0 Å². The van der Waals surface area contributed by atoms with Crippen LogP contribution in [0.4, 0.5) is 0 Å². The molecule has 0 saturated heterocycles. The van der Waals surface area contributed by atoms with Gasteiger partial charge in [-0.1, -0.05) is 0 Å². The summed E-state index contributed by atoms with van der Waals surface area (Å²) >= 11 is 6.46. The second-order valence-electron chi connectivity index (χ2n) is 2.73. The zero-order valence-corrected chi connectivity index (χ0v) is 10.7. The summed E-state index contributed by atoms with van der Waals surface area (Å²) in [6.07, 6.45) is 0. The van der Waals surface area contributed by atoms with Gasteiger partial charge in [0.1, 0.15) is 5.75 Å². The number of benzene rings is 1. The number of carbonyl (C=O) groups is 1. The molecular weight excluding hydrogens is 332 g/mol. The van der Waals surface area contributed by atoms with Gasteiger partial charge in [0.25, 0.3) is 0 Å². The molecule has 82 valence electrons. The highest BCUT2D eigenvalue weighted by Gasteiger charge is 2.10. The van der Waals surface area contributed by atoms with Crippen molar-refractivity contribution in [2.24, 2.45) is 0 Å². The van der Waals surface area contributed by atoms with Crippen molar-refractivity contribution in [1.82, 2.24) is 0 Å². The topological polar surface area (TPSA) is 66.8 Å². The number of aliphatic hydroxyl groups excluding tert-OH is 1. The SMILES string of the molecule is O=C(O)COc1c(Br)cc(CO)cc1Br. The van der Waals surface area contributed by atoms with Gasteiger partial charge < -0.3 is 14.9 Å². The van der Waals surface area contributed by atoms with Gasteiger partial charge in [-0.05, 0) is 49.6 Å². The minimum Gasteiger partial charge on any atom is -0.480 e.